The summed E-state index contributed by atoms with van der Waals surface area (Å²) >= 11 is 0. The number of nitrogens with two attached hydrogens (primary N) is 1. The number of anilines is 1. The molecule has 0 atom stereocenters. The summed E-state index contributed by atoms with van der Waals surface area (Å²) in [6, 6.07) is 18.1. The highest BCUT2D eigenvalue weighted by molar-refractivity contribution is 5.41. The zero-order valence-electron chi connectivity index (χ0n) is 28.7. The third-order valence-electron chi connectivity index (χ3n) is 8.33. The van der Waals surface area contributed by atoms with Crippen molar-refractivity contribution in [2.24, 2.45) is 0 Å². The predicted octanol–water partition coefficient (Wildman–Crippen LogP) is 5.62. The second-order valence-electron chi connectivity index (χ2n) is 12.1. The van der Waals surface area contributed by atoms with Crippen molar-refractivity contribution < 1.29 is 28.8 Å². The molecule has 50 heavy (non-hydrogen) atoms. The molecule has 0 bridgehead atoms. The van der Waals surface area contributed by atoms with Gasteiger partial charge in [0.15, 0.2) is 0 Å². The predicted molar refractivity (Wildman–Crippen MR) is 192 cm³/mol. The number of β-amino-alcohol motifs (C(OH)–C–C–N with tert-alkyl or cyclic N) is 1. The number of nitro groups is 2. The number of nitrogen functional groups attached to an aromatic ring is 1. The van der Waals surface area contributed by atoms with Crippen molar-refractivity contribution in [2.75, 3.05) is 84.5 Å². The maximum absolute atomic E-state index is 12.1. The number of non-ortho nitro benzene ring substituents is 2. The van der Waals surface area contributed by atoms with Gasteiger partial charge in [0.1, 0.15) is 30.5 Å². The van der Waals surface area contributed by atoms with Gasteiger partial charge in [0, 0.05) is 49.6 Å². The summed E-state index contributed by atoms with van der Waals surface area (Å²) in [5.74, 6) is 1.13. The maximum Gasteiger partial charge on any atom is 0.269 e. The van der Waals surface area contributed by atoms with E-state index in [1.807, 2.05) is 24.3 Å². The highest BCUT2D eigenvalue weighted by Gasteiger charge is 2.12. The molecule has 3 aliphatic heterocycles. The molecule has 3 aromatic carbocycles. The van der Waals surface area contributed by atoms with E-state index in [4.69, 9.17) is 20.3 Å². The minimum absolute atomic E-state index is 0.0943. The third kappa shape index (κ3) is 16.4. The van der Waals surface area contributed by atoms with Crippen molar-refractivity contribution in [3.05, 3.63) is 98.8 Å². The zero-order chi connectivity index (χ0) is 36.0. The fourth-order valence-corrected chi connectivity index (χ4v) is 5.54. The number of aliphatic hydroxyl groups is 1. The number of likely N-dealkylation sites (tertiary alicyclic amines) is 3. The first-order valence-corrected chi connectivity index (χ1v) is 17.3. The maximum atomic E-state index is 12.1. The SMILES string of the molecule is Nc1ccc(OCCN2CCCC2)cc1.O=[N+]([O-])c1ccc(F)cc1.O=[N+]([O-])c1ccc(OCCN2CCCC2)cc1.OCCN1CCCC1. The summed E-state index contributed by atoms with van der Waals surface area (Å²) in [7, 11) is 0. The molecule has 0 spiro atoms. The van der Waals surface area contributed by atoms with Crippen LogP contribution in [0.5, 0.6) is 11.5 Å². The molecule has 3 fully saturated rings. The van der Waals surface area contributed by atoms with Crippen LogP contribution in [0.3, 0.4) is 0 Å². The van der Waals surface area contributed by atoms with Crippen LogP contribution in [-0.4, -0.2) is 108 Å². The van der Waals surface area contributed by atoms with Crippen LogP contribution >= 0.6 is 0 Å². The smallest absolute Gasteiger partial charge is 0.269 e. The first-order chi connectivity index (χ1) is 24.2. The molecule has 3 aromatic rings. The number of hydrogen-bond acceptors (Lipinski definition) is 11. The van der Waals surface area contributed by atoms with Crippen LogP contribution in [0.4, 0.5) is 21.5 Å². The average Bonchev–Trinajstić information content (AvgIpc) is 3.93. The minimum Gasteiger partial charge on any atom is -0.492 e. The van der Waals surface area contributed by atoms with Crippen LogP contribution in [0, 0.1) is 26.0 Å². The van der Waals surface area contributed by atoms with Crippen molar-refractivity contribution in [3.8, 4) is 11.5 Å². The van der Waals surface area contributed by atoms with Crippen LogP contribution in [0.1, 0.15) is 38.5 Å². The second-order valence-corrected chi connectivity index (χ2v) is 12.1. The lowest BCUT2D eigenvalue weighted by atomic mass is 10.3. The van der Waals surface area contributed by atoms with E-state index in [0.717, 1.165) is 75.0 Å². The number of benzene rings is 3. The normalized spacial score (nSPS) is 15.9. The quantitative estimate of drug-likeness (QED) is 0.137. The van der Waals surface area contributed by atoms with Gasteiger partial charge in [-0.25, -0.2) is 4.39 Å². The van der Waals surface area contributed by atoms with Crippen LogP contribution in [-0.2, 0) is 0 Å². The molecular weight excluding hydrogens is 647 g/mol. The summed E-state index contributed by atoms with van der Waals surface area (Å²) in [5.41, 5.74) is 6.37. The van der Waals surface area contributed by atoms with E-state index in [-0.39, 0.29) is 11.4 Å². The van der Waals surface area contributed by atoms with E-state index in [0.29, 0.717) is 19.0 Å². The Hall–Kier alpha value is -4.37. The Morgan fingerprint density at radius 2 is 0.940 bits per heavy atom. The van der Waals surface area contributed by atoms with Crippen molar-refractivity contribution >= 4 is 17.1 Å². The van der Waals surface area contributed by atoms with E-state index in [2.05, 4.69) is 14.7 Å². The molecule has 6 rings (SSSR count). The lowest BCUT2D eigenvalue weighted by Crippen LogP contribution is -2.25. The Labute approximate surface area is 293 Å². The van der Waals surface area contributed by atoms with Crippen LogP contribution in [0.2, 0.25) is 0 Å². The van der Waals surface area contributed by atoms with E-state index in [9.17, 15) is 24.6 Å². The molecule has 0 radical (unpaired) electrons. The Morgan fingerprint density at radius 1 is 0.600 bits per heavy atom. The van der Waals surface area contributed by atoms with Gasteiger partial charge >= 0.3 is 0 Å². The zero-order valence-corrected chi connectivity index (χ0v) is 28.7. The molecule has 3 heterocycles. The minimum atomic E-state index is -0.570. The van der Waals surface area contributed by atoms with Gasteiger partial charge in [-0.2, -0.15) is 0 Å². The lowest BCUT2D eigenvalue weighted by Gasteiger charge is -2.14. The lowest BCUT2D eigenvalue weighted by molar-refractivity contribution is -0.385. The number of nitrogens with zero attached hydrogens (tertiary/aromatic N) is 5. The van der Waals surface area contributed by atoms with E-state index in [1.165, 1.54) is 76.8 Å². The van der Waals surface area contributed by atoms with Gasteiger partial charge in [0.2, 0.25) is 0 Å². The molecule has 0 amide bonds. The molecule has 3 aliphatic rings. The number of aliphatic hydroxyl groups excluding tert-OH is 1. The third-order valence-corrected chi connectivity index (χ3v) is 8.33. The molecular formula is C36H51FN6O7. The summed E-state index contributed by atoms with van der Waals surface area (Å²) in [4.78, 5) is 26.6. The monoisotopic (exact) mass is 698 g/mol. The summed E-state index contributed by atoms with van der Waals surface area (Å²) < 4.78 is 23.3. The fraction of sp³-hybridized carbons (Fsp3) is 0.500. The number of halogens is 1. The Morgan fingerprint density at radius 3 is 1.30 bits per heavy atom. The van der Waals surface area contributed by atoms with Crippen LogP contribution in [0.25, 0.3) is 0 Å². The molecule has 3 saturated heterocycles. The number of ether oxygens (including phenoxy) is 2. The first-order valence-electron chi connectivity index (χ1n) is 17.3. The van der Waals surface area contributed by atoms with Gasteiger partial charge < -0.3 is 25.2 Å². The van der Waals surface area contributed by atoms with Gasteiger partial charge in [-0.3, -0.25) is 30.0 Å². The molecule has 0 aromatic heterocycles. The first kappa shape index (κ1) is 40.1. The summed E-state index contributed by atoms with van der Waals surface area (Å²) in [5, 5.41) is 28.9. The standard InChI is InChI=1S/C12H16N2O3.C12H18N2O.C6H4FNO2.C6H13NO/c15-14(16)11-3-5-12(6-4-11)17-10-9-13-7-1-2-8-13;13-11-3-5-12(6-4-11)15-10-9-14-7-1-2-8-14;7-5-1-3-6(4-2-5)8(9)10;8-6-5-7-3-1-2-4-7/h3-6H,1-2,7-10H2;3-6H,1-2,7-10,13H2;1-4H;8H,1-6H2. The second kappa shape index (κ2) is 23.1. The van der Waals surface area contributed by atoms with Crippen LogP contribution < -0.4 is 15.2 Å². The molecule has 14 heteroatoms. The fourth-order valence-electron chi connectivity index (χ4n) is 5.54. The van der Waals surface area contributed by atoms with Gasteiger partial charge in [-0.15, -0.1) is 0 Å². The average molecular weight is 699 g/mol. The van der Waals surface area contributed by atoms with Gasteiger partial charge in [0.05, 0.1) is 16.5 Å². The van der Waals surface area contributed by atoms with Crippen molar-refractivity contribution in [1.29, 1.82) is 0 Å². The summed E-state index contributed by atoms with van der Waals surface area (Å²) in [6.45, 7) is 11.7. The number of hydrogen-bond donors (Lipinski definition) is 2. The van der Waals surface area contributed by atoms with Gasteiger partial charge in [-0.05, 0) is 126 Å². The highest BCUT2D eigenvalue weighted by Crippen LogP contribution is 2.18. The Balaban J connectivity index is 0.000000188. The molecule has 274 valence electrons. The molecule has 0 aliphatic carbocycles. The van der Waals surface area contributed by atoms with Gasteiger partial charge in [0.25, 0.3) is 11.4 Å². The highest BCUT2D eigenvalue weighted by atomic mass is 19.1. The number of rotatable bonds is 12. The van der Waals surface area contributed by atoms with Crippen LogP contribution in [0.15, 0.2) is 72.8 Å². The number of nitro benzene ring substituents is 2. The topological polar surface area (TPSA) is 161 Å². The van der Waals surface area contributed by atoms with Crippen molar-refractivity contribution in [2.45, 2.75) is 38.5 Å². The molecule has 13 nitrogen and oxygen atoms in total. The van der Waals surface area contributed by atoms with Gasteiger partial charge in [-0.1, -0.05) is 0 Å². The summed E-state index contributed by atoms with van der Waals surface area (Å²) in [6.07, 6.45) is 7.86. The molecule has 0 saturated carbocycles. The van der Waals surface area contributed by atoms with E-state index >= 15 is 0 Å². The van der Waals surface area contributed by atoms with Crippen molar-refractivity contribution in [3.63, 3.8) is 0 Å². The Bertz CT molecular complexity index is 1370. The van der Waals surface area contributed by atoms with Crippen molar-refractivity contribution in [1.82, 2.24) is 14.7 Å². The van der Waals surface area contributed by atoms with E-state index in [1.54, 1.807) is 12.1 Å². The Kier molecular flexibility index (Phi) is 18.5. The molecule has 0 unspecified atom stereocenters. The largest absolute Gasteiger partial charge is 0.492 e. The van der Waals surface area contributed by atoms with E-state index < -0.39 is 15.7 Å². The molecule has 3 N–H and O–H groups in total.